The maximum Gasteiger partial charge on any atom is 0.0794 e. The van der Waals surface area contributed by atoms with Crippen LogP contribution in [0.4, 0.5) is 0 Å². The zero-order valence-electron chi connectivity index (χ0n) is 10.1. The largest absolute Gasteiger partial charge is 0.330 e. The van der Waals surface area contributed by atoms with Gasteiger partial charge >= 0.3 is 0 Å². The van der Waals surface area contributed by atoms with Gasteiger partial charge in [0.25, 0.3) is 0 Å². The molecule has 16 heavy (non-hydrogen) atoms. The first-order valence-electron chi connectivity index (χ1n) is 6.08. The van der Waals surface area contributed by atoms with Gasteiger partial charge in [-0.25, -0.2) is 0 Å². The first kappa shape index (κ1) is 12.0. The predicted molar refractivity (Wildman–Crippen MR) is 68.5 cm³/mol. The average Bonchev–Trinajstić information content (AvgIpc) is 2.81. The van der Waals surface area contributed by atoms with Crippen LogP contribution in [-0.2, 0) is 0 Å². The Balaban J connectivity index is 2.24. The van der Waals surface area contributed by atoms with Gasteiger partial charge in [0.1, 0.15) is 0 Å². The fraction of sp³-hybridized carbons (Fsp3) is 0.750. The zero-order chi connectivity index (χ0) is 11.5. The zero-order valence-corrected chi connectivity index (χ0v) is 10.9. The van der Waals surface area contributed by atoms with E-state index in [0.717, 1.165) is 6.54 Å². The smallest absolute Gasteiger partial charge is 0.0794 e. The molecule has 1 aliphatic heterocycles. The topological polar surface area (TPSA) is 42.1 Å². The Bertz CT molecular complexity index is 310. The van der Waals surface area contributed by atoms with Crippen molar-refractivity contribution in [3.63, 3.8) is 0 Å². The summed E-state index contributed by atoms with van der Waals surface area (Å²) in [7, 11) is 0. The van der Waals surface area contributed by atoms with Gasteiger partial charge in [0.2, 0.25) is 0 Å². The average molecular weight is 239 g/mol. The van der Waals surface area contributed by atoms with Crippen LogP contribution in [0.1, 0.15) is 37.6 Å². The maximum absolute atomic E-state index is 5.92. The van der Waals surface area contributed by atoms with E-state index in [1.54, 1.807) is 11.3 Å². The van der Waals surface area contributed by atoms with Crippen LogP contribution in [0, 0.1) is 5.92 Å². The molecule has 0 saturated carbocycles. The minimum absolute atomic E-state index is 0.492. The molecule has 0 radical (unpaired) electrons. The first-order valence-corrected chi connectivity index (χ1v) is 6.96. The molecule has 1 aromatic rings. The van der Waals surface area contributed by atoms with Gasteiger partial charge in [0.05, 0.1) is 5.51 Å². The van der Waals surface area contributed by atoms with Crippen LogP contribution in [0.15, 0.2) is 11.7 Å². The van der Waals surface area contributed by atoms with Crippen LogP contribution in [0.25, 0.3) is 0 Å². The second-order valence-corrected chi connectivity index (χ2v) is 5.74. The molecule has 0 spiro atoms. The third kappa shape index (κ3) is 2.29. The van der Waals surface area contributed by atoms with Crippen molar-refractivity contribution in [3.8, 4) is 0 Å². The molecule has 90 valence electrons. The summed E-state index contributed by atoms with van der Waals surface area (Å²) >= 11 is 1.76. The Morgan fingerprint density at radius 1 is 1.62 bits per heavy atom. The van der Waals surface area contributed by atoms with Crippen LogP contribution in [-0.4, -0.2) is 29.0 Å². The Labute approximate surface area is 102 Å². The lowest BCUT2D eigenvalue weighted by Gasteiger charge is -2.42. The Morgan fingerprint density at radius 2 is 2.44 bits per heavy atom. The number of piperidine rings is 1. The summed E-state index contributed by atoms with van der Waals surface area (Å²) in [5, 5.41) is 0. The highest BCUT2D eigenvalue weighted by Gasteiger charge is 2.33. The van der Waals surface area contributed by atoms with Gasteiger partial charge in [0, 0.05) is 23.2 Å². The molecule has 2 atom stereocenters. The van der Waals surface area contributed by atoms with Crippen LogP contribution < -0.4 is 5.73 Å². The van der Waals surface area contributed by atoms with Crippen LogP contribution in [0.3, 0.4) is 0 Å². The highest BCUT2D eigenvalue weighted by atomic mass is 32.1. The van der Waals surface area contributed by atoms with Gasteiger partial charge in [-0.3, -0.25) is 9.88 Å². The van der Waals surface area contributed by atoms with E-state index in [1.165, 1.54) is 24.3 Å². The lowest BCUT2D eigenvalue weighted by Crippen LogP contribution is -2.44. The van der Waals surface area contributed by atoms with Crippen molar-refractivity contribution in [3.05, 3.63) is 16.6 Å². The molecule has 1 fully saturated rings. The van der Waals surface area contributed by atoms with E-state index in [2.05, 4.69) is 23.7 Å². The van der Waals surface area contributed by atoms with Crippen molar-refractivity contribution >= 4 is 11.3 Å². The third-order valence-electron chi connectivity index (χ3n) is 3.50. The molecule has 2 N–H and O–H groups in total. The lowest BCUT2D eigenvalue weighted by molar-refractivity contribution is 0.0686. The van der Waals surface area contributed by atoms with E-state index in [1.807, 2.05) is 11.7 Å². The SMILES string of the molecule is CC(C)N1CCCC(CN)C1c1cncs1. The Kier molecular flexibility index (Phi) is 3.95. The van der Waals surface area contributed by atoms with Gasteiger partial charge in [0.15, 0.2) is 0 Å². The Hall–Kier alpha value is -0.450. The number of nitrogens with two attached hydrogens (primary N) is 1. The minimum Gasteiger partial charge on any atom is -0.330 e. The van der Waals surface area contributed by atoms with Crippen molar-refractivity contribution < 1.29 is 0 Å². The fourth-order valence-corrected chi connectivity index (χ4v) is 3.53. The third-order valence-corrected chi connectivity index (χ3v) is 4.35. The molecule has 2 unspecified atom stereocenters. The van der Waals surface area contributed by atoms with Gasteiger partial charge in [-0.05, 0) is 45.7 Å². The van der Waals surface area contributed by atoms with Crippen molar-refractivity contribution in [2.75, 3.05) is 13.1 Å². The van der Waals surface area contributed by atoms with E-state index >= 15 is 0 Å². The molecule has 0 amide bonds. The number of nitrogens with zero attached hydrogens (tertiary/aromatic N) is 2. The van der Waals surface area contributed by atoms with Crippen molar-refractivity contribution in [2.45, 2.75) is 38.8 Å². The number of likely N-dealkylation sites (tertiary alicyclic amines) is 1. The van der Waals surface area contributed by atoms with Gasteiger partial charge in [-0.1, -0.05) is 0 Å². The Morgan fingerprint density at radius 3 is 3.00 bits per heavy atom. The van der Waals surface area contributed by atoms with Crippen molar-refractivity contribution in [2.24, 2.45) is 11.7 Å². The molecule has 0 bridgehead atoms. The van der Waals surface area contributed by atoms with Crippen molar-refractivity contribution in [1.82, 2.24) is 9.88 Å². The normalized spacial score (nSPS) is 27.5. The maximum atomic E-state index is 5.92. The molecule has 2 rings (SSSR count). The fourth-order valence-electron chi connectivity index (χ4n) is 2.70. The molecular formula is C12H21N3S. The van der Waals surface area contributed by atoms with Gasteiger partial charge in [-0.15, -0.1) is 11.3 Å². The predicted octanol–water partition coefficient (Wildman–Crippen LogP) is 2.26. The first-order chi connectivity index (χ1) is 7.74. The second kappa shape index (κ2) is 5.25. The molecule has 1 aromatic heterocycles. The van der Waals surface area contributed by atoms with Crippen LogP contribution in [0.2, 0.25) is 0 Å². The molecule has 0 aliphatic carbocycles. The molecule has 3 nitrogen and oxygen atoms in total. The molecule has 0 aromatic carbocycles. The highest BCUT2D eigenvalue weighted by Crippen LogP contribution is 2.38. The summed E-state index contributed by atoms with van der Waals surface area (Å²) in [6.45, 7) is 6.52. The summed E-state index contributed by atoms with van der Waals surface area (Å²) in [4.78, 5) is 8.17. The van der Waals surface area contributed by atoms with E-state index in [4.69, 9.17) is 5.73 Å². The minimum atomic E-state index is 0.492. The standard InChI is InChI=1S/C12H21N3S/c1-9(2)15-5-3-4-10(6-13)12(15)11-7-14-8-16-11/h7-10,12H,3-6,13H2,1-2H3. The summed E-state index contributed by atoms with van der Waals surface area (Å²) in [6, 6.07) is 1.08. The number of thiazole rings is 1. The number of hydrogen-bond donors (Lipinski definition) is 1. The van der Waals surface area contributed by atoms with E-state index in [-0.39, 0.29) is 0 Å². The number of rotatable bonds is 3. The van der Waals surface area contributed by atoms with Gasteiger partial charge < -0.3 is 5.73 Å². The summed E-state index contributed by atoms with van der Waals surface area (Å²) < 4.78 is 0. The molecule has 1 aliphatic rings. The molecule has 1 saturated heterocycles. The van der Waals surface area contributed by atoms with E-state index < -0.39 is 0 Å². The number of hydrogen-bond acceptors (Lipinski definition) is 4. The monoisotopic (exact) mass is 239 g/mol. The quantitative estimate of drug-likeness (QED) is 0.880. The second-order valence-electron chi connectivity index (χ2n) is 4.82. The number of aromatic nitrogens is 1. The summed E-state index contributed by atoms with van der Waals surface area (Å²) in [5.41, 5.74) is 7.85. The van der Waals surface area contributed by atoms with Crippen LogP contribution >= 0.6 is 11.3 Å². The van der Waals surface area contributed by atoms with Crippen LogP contribution in [0.5, 0.6) is 0 Å². The van der Waals surface area contributed by atoms with Gasteiger partial charge in [-0.2, -0.15) is 0 Å². The van der Waals surface area contributed by atoms with E-state index in [9.17, 15) is 0 Å². The van der Waals surface area contributed by atoms with E-state index in [0.29, 0.717) is 18.0 Å². The summed E-state index contributed by atoms with van der Waals surface area (Å²) in [5.74, 6) is 0.594. The summed E-state index contributed by atoms with van der Waals surface area (Å²) in [6.07, 6.45) is 4.54. The molecular weight excluding hydrogens is 218 g/mol. The van der Waals surface area contributed by atoms with Crippen molar-refractivity contribution in [1.29, 1.82) is 0 Å². The highest BCUT2D eigenvalue weighted by molar-refractivity contribution is 7.09. The molecule has 4 heteroatoms. The lowest BCUT2D eigenvalue weighted by atomic mass is 9.87. The molecule has 2 heterocycles.